The van der Waals surface area contributed by atoms with Crippen LogP contribution in [0.4, 0.5) is 0 Å². The van der Waals surface area contributed by atoms with Gasteiger partial charge in [0.05, 0.1) is 13.2 Å². The molecule has 0 spiro atoms. The predicted molar refractivity (Wildman–Crippen MR) is 131 cm³/mol. The van der Waals surface area contributed by atoms with Crippen LogP contribution < -0.4 is 0 Å². The molecule has 10 atom stereocenters. The molecule has 5 rings (SSSR count). The SMILES string of the molecule is CC(=O)OCC1(C)CCCC2(C)C1CCC1(C)CC3C=C4COC(O)C4CC3(C)C(OC(C)=O)C12. The molecule has 0 aromatic heterocycles. The van der Waals surface area contributed by atoms with Crippen LogP contribution in [0.5, 0.6) is 0 Å². The van der Waals surface area contributed by atoms with E-state index < -0.39 is 6.29 Å². The van der Waals surface area contributed by atoms with Crippen molar-refractivity contribution >= 4 is 11.9 Å². The number of carbonyl (C=O) groups excluding carboxylic acids is 2. The number of carbonyl (C=O) groups is 2. The lowest BCUT2D eigenvalue weighted by Gasteiger charge is -2.69. The number of aliphatic hydroxyl groups is 1. The van der Waals surface area contributed by atoms with Gasteiger partial charge in [0.1, 0.15) is 6.10 Å². The van der Waals surface area contributed by atoms with Crippen LogP contribution in [0.1, 0.15) is 86.5 Å². The normalized spacial score (nSPS) is 50.7. The van der Waals surface area contributed by atoms with Gasteiger partial charge in [-0.05, 0) is 66.8 Å². The van der Waals surface area contributed by atoms with Gasteiger partial charge in [-0.25, -0.2) is 0 Å². The van der Waals surface area contributed by atoms with Crippen LogP contribution in [0.3, 0.4) is 0 Å². The van der Waals surface area contributed by atoms with Crippen molar-refractivity contribution in [1.29, 1.82) is 0 Å². The molecule has 0 radical (unpaired) electrons. The van der Waals surface area contributed by atoms with Gasteiger partial charge in [-0.3, -0.25) is 9.59 Å². The third-order valence-electron chi connectivity index (χ3n) is 11.3. The molecule has 1 N–H and O–H groups in total. The topological polar surface area (TPSA) is 82.1 Å². The van der Waals surface area contributed by atoms with Crippen LogP contribution in [-0.2, 0) is 23.8 Å². The van der Waals surface area contributed by atoms with Crippen molar-refractivity contribution in [2.45, 2.75) is 98.9 Å². The third kappa shape index (κ3) is 3.80. The fourth-order valence-corrected chi connectivity index (χ4v) is 9.82. The summed E-state index contributed by atoms with van der Waals surface area (Å²) in [7, 11) is 0. The standard InChI is InChI=1S/C29H44O6/c1-17(30)34-16-27(4)9-7-10-28(5)22(27)8-11-26(3)13-20-12-19-15-33-25(32)21(19)14-29(20,6)24(23(26)28)35-18(2)31/h12,20-25,32H,7-11,13-16H2,1-6H3. The largest absolute Gasteiger partial charge is 0.465 e. The van der Waals surface area contributed by atoms with Crippen LogP contribution in [0, 0.1) is 45.3 Å². The molecule has 35 heavy (non-hydrogen) atoms. The van der Waals surface area contributed by atoms with Gasteiger partial charge in [0.15, 0.2) is 6.29 Å². The first-order chi connectivity index (χ1) is 16.3. The van der Waals surface area contributed by atoms with Gasteiger partial charge in [0.2, 0.25) is 0 Å². The van der Waals surface area contributed by atoms with Gasteiger partial charge < -0.3 is 19.3 Å². The Morgan fingerprint density at radius 1 is 1.06 bits per heavy atom. The fourth-order valence-electron chi connectivity index (χ4n) is 9.82. The second-order valence-electron chi connectivity index (χ2n) is 13.6. The van der Waals surface area contributed by atoms with Crippen LogP contribution in [-0.4, -0.2) is 42.7 Å². The molecule has 3 saturated carbocycles. The lowest BCUT2D eigenvalue weighted by atomic mass is 9.36. The lowest BCUT2D eigenvalue weighted by molar-refractivity contribution is -0.248. The number of aliphatic hydroxyl groups excluding tert-OH is 1. The Kier molecular flexibility index (Phi) is 5.99. The van der Waals surface area contributed by atoms with Crippen molar-refractivity contribution in [3.8, 4) is 0 Å². The van der Waals surface area contributed by atoms with E-state index in [4.69, 9.17) is 14.2 Å². The van der Waals surface area contributed by atoms with E-state index in [0.29, 0.717) is 25.0 Å². The summed E-state index contributed by atoms with van der Waals surface area (Å²) in [6.07, 6.45) is 8.65. The van der Waals surface area contributed by atoms with E-state index >= 15 is 0 Å². The summed E-state index contributed by atoms with van der Waals surface area (Å²) in [6, 6.07) is 0. The molecule has 0 aromatic carbocycles. The van der Waals surface area contributed by atoms with Crippen molar-refractivity contribution in [2.75, 3.05) is 13.2 Å². The van der Waals surface area contributed by atoms with Crippen molar-refractivity contribution in [3.05, 3.63) is 11.6 Å². The molecule has 0 amide bonds. The summed E-state index contributed by atoms with van der Waals surface area (Å²) in [4.78, 5) is 24.3. The zero-order chi connectivity index (χ0) is 25.4. The van der Waals surface area contributed by atoms with Gasteiger partial charge >= 0.3 is 11.9 Å². The molecule has 1 heterocycles. The predicted octanol–water partition coefficient (Wildman–Crippen LogP) is 5.03. The zero-order valence-electron chi connectivity index (χ0n) is 22.4. The van der Waals surface area contributed by atoms with E-state index in [2.05, 4.69) is 33.8 Å². The lowest BCUT2D eigenvalue weighted by Crippen LogP contribution is -2.67. The summed E-state index contributed by atoms with van der Waals surface area (Å²) in [5.74, 6) is 0.448. The Hall–Kier alpha value is -1.40. The highest BCUT2D eigenvalue weighted by atomic mass is 16.6. The fraction of sp³-hybridized carbons (Fsp3) is 0.862. The number of fused-ring (bicyclic) bond motifs is 5. The minimum Gasteiger partial charge on any atom is -0.465 e. The summed E-state index contributed by atoms with van der Waals surface area (Å²) in [5, 5.41) is 10.6. The van der Waals surface area contributed by atoms with Crippen LogP contribution in [0.15, 0.2) is 11.6 Å². The third-order valence-corrected chi connectivity index (χ3v) is 11.3. The number of hydrogen-bond donors (Lipinski definition) is 1. The summed E-state index contributed by atoms with van der Waals surface area (Å²) >= 11 is 0. The second kappa shape index (κ2) is 8.31. The summed E-state index contributed by atoms with van der Waals surface area (Å²) in [5.41, 5.74) is 0.913. The Balaban J connectivity index is 1.58. The highest BCUT2D eigenvalue weighted by Gasteiger charge is 2.69. The molecule has 1 saturated heterocycles. The maximum atomic E-state index is 12.6. The molecule has 6 nitrogen and oxygen atoms in total. The monoisotopic (exact) mass is 488 g/mol. The molecule has 1 aliphatic heterocycles. The first kappa shape index (κ1) is 25.3. The average Bonchev–Trinajstić information content (AvgIpc) is 3.09. The van der Waals surface area contributed by atoms with E-state index in [0.717, 1.165) is 44.9 Å². The minimum atomic E-state index is -0.776. The van der Waals surface area contributed by atoms with Gasteiger partial charge in [0, 0.05) is 36.5 Å². The first-order valence-corrected chi connectivity index (χ1v) is 13.6. The van der Waals surface area contributed by atoms with E-state index in [-0.39, 0.29) is 51.5 Å². The zero-order valence-corrected chi connectivity index (χ0v) is 22.4. The van der Waals surface area contributed by atoms with Gasteiger partial charge in [0.25, 0.3) is 0 Å². The van der Waals surface area contributed by atoms with E-state index in [9.17, 15) is 14.7 Å². The number of ether oxygens (including phenoxy) is 3. The Bertz CT molecular complexity index is 928. The van der Waals surface area contributed by atoms with Crippen LogP contribution >= 0.6 is 0 Å². The van der Waals surface area contributed by atoms with Crippen LogP contribution in [0.2, 0.25) is 0 Å². The molecular weight excluding hydrogens is 444 g/mol. The Morgan fingerprint density at radius 3 is 2.49 bits per heavy atom. The number of allylic oxidation sites excluding steroid dienone is 1. The Morgan fingerprint density at radius 2 is 1.80 bits per heavy atom. The molecule has 10 unspecified atom stereocenters. The van der Waals surface area contributed by atoms with Crippen LogP contribution in [0.25, 0.3) is 0 Å². The minimum absolute atomic E-state index is 0.0218. The maximum Gasteiger partial charge on any atom is 0.302 e. The van der Waals surface area contributed by atoms with E-state index in [1.165, 1.54) is 19.4 Å². The molecule has 0 aromatic rings. The van der Waals surface area contributed by atoms with Crippen molar-refractivity contribution in [2.24, 2.45) is 45.3 Å². The molecule has 6 heteroatoms. The van der Waals surface area contributed by atoms with Crippen molar-refractivity contribution < 1.29 is 28.9 Å². The molecule has 4 fully saturated rings. The second-order valence-corrected chi connectivity index (χ2v) is 13.6. The summed E-state index contributed by atoms with van der Waals surface area (Å²) in [6.45, 7) is 13.5. The van der Waals surface area contributed by atoms with Crippen molar-refractivity contribution in [1.82, 2.24) is 0 Å². The highest BCUT2D eigenvalue weighted by molar-refractivity contribution is 5.66. The van der Waals surface area contributed by atoms with Crippen molar-refractivity contribution in [3.63, 3.8) is 0 Å². The average molecular weight is 489 g/mol. The van der Waals surface area contributed by atoms with E-state index in [1.807, 2.05) is 0 Å². The smallest absolute Gasteiger partial charge is 0.302 e. The summed E-state index contributed by atoms with van der Waals surface area (Å²) < 4.78 is 17.6. The Labute approximate surface area is 210 Å². The highest BCUT2D eigenvalue weighted by Crippen LogP contribution is 2.72. The molecule has 0 bridgehead atoms. The van der Waals surface area contributed by atoms with Gasteiger partial charge in [-0.1, -0.05) is 40.2 Å². The molecular formula is C29H44O6. The quantitative estimate of drug-likeness (QED) is 0.443. The molecule has 4 aliphatic carbocycles. The van der Waals surface area contributed by atoms with Gasteiger partial charge in [-0.2, -0.15) is 0 Å². The number of esters is 2. The molecule has 196 valence electrons. The number of hydrogen-bond acceptors (Lipinski definition) is 6. The maximum absolute atomic E-state index is 12.6. The number of rotatable bonds is 3. The van der Waals surface area contributed by atoms with E-state index in [1.54, 1.807) is 0 Å². The first-order valence-electron chi connectivity index (χ1n) is 13.6. The molecule has 5 aliphatic rings. The van der Waals surface area contributed by atoms with Gasteiger partial charge in [-0.15, -0.1) is 0 Å².